The molecule has 2 fully saturated rings. The molecule has 0 aliphatic carbocycles. The molecule has 0 bridgehead atoms. The van der Waals surface area contributed by atoms with E-state index in [2.05, 4.69) is 11.0 Å². The van der Waals surface area contributed by atoms with Gasteiger partial charge in [0, 0.05) is 32.2 Å². The van der Waals surface area contributed by atoms with Gasteiger partial charge in [-0.05, 0) is 25.3 Å². The van der Waals surface area contributed by atoms with Crippen molar-refractivity contribution in [3.8, 4) is 0 Å². The number of likely N-dealkylation sites (tertiary alicyclic amines) is 1. The molecular weight excluding hydrogens is 258 g/mol. The maximum Gasteiger partial charge on any atom is 0.313 e. The molecular formula is C15H23NO4. The molecule has 0 aromatic carbocycles. The first-order valence-electron chi connectivity index (χ1n) is 7.43. The van der Waals surface area contributed by atoms with Crippen molar-refractivity contribution >= 4 is 5.97 Å². The number of carbonyl (C=O) groups excluding carboxylic acids is 1. The van der Waals surface area contributed by atoms with Gasteiger partial charge >= 0.3 is 5.97 Å². The fraction of sp³-hybridized carbons (Fsp3) is 0.800. The first kappa shape index (κ1) is 13.9. The number of fused-ring (bicyclic) bond motifs is 1. The minimum atomic E-state index is -0.364. The van der Waals surface area contributed by atoms with Crippen molar-refractivity contribution in [1.29, 1.82) is 0 Å². The molecule has 5 nitrogen and oxygen atoms in total. The SMILES string of the molecule is COC(=O)[C@@]12CCOC[C@@H]1CN(CC1CCC=CO1)C2. The van der Waals surface area contributed by atoms with Crippen LogP contribution in [-0.2, 0) is 19.0 Å². The average Bonchev–Trinajstić information content (AvgIpc) is 2.86. The number of ether oxygens (including phenoxy) is 3. The zero-order valence-corrected chi connectivity index (χ0v) is 12.0. The van der Waals surface area contributed by atoms with E-state index in [9.17, 15) is 4.79 Å². The van der Waals surface area contributed by atoms with Gasteiger partial charge in [0.05, 0.1) is 25.4 Å². The Morgan fingerprint density at radius 2 is 2.45 bits per heavy atom. The molecule has 3 atom stereocenters. The highest BCUT2D eigenvalue weighted by Crippen LogP contribution is 2.43. The highest BCUT2D eigenvalue weighted by molar-refractivity contribution is 5.78. The third-order valence-corrected chi connectivity index (χ3v) is 4.85. The summed E-state index contributed by atoms with van der Waals surface area (Å²) < 4.78 is 16.3. The van der Waals surface area contributed by atoms with Crippen LogP contribution in [0.4, 0.5) is 0 Å². The lowest BCUT2D eigenvalue weighted by atomic mass is 9.74. The molecule has 0 saturated carbocycles. The lowest BCUT2D eigenvalue weighted by Crippen LogP contribution is -2.45. The normalized spacial score (nSPS) is 37.2. The topological polar surface area (TPSA) is 48.0 Å². The van der Waals surface area contributed by atoms with Gasteiger partial charge in [0.2, 0.25) is 0 Å². The number of allylic oxidation sites excluding steroid dienone is 1. The number of hydrogen-bond donors (Lipinski definition) is 0. The highest BCUT2D eigenvalue weighted by atomic mass is 16.5. The summed E-state index contributed by atoms with van der Waals surface area (Å²) in [5.41, 5.74) is -0.364. The summed E-state index contributed by atoms with van der Waals surface area (Å²) >= 11 is 0. The Kier molecular flexibility index (Phi) is 3.98. The van der Waals surface area contributed by atoms with Crippen LogP contribution in [0.15, 0.2) is 12.3 Å². The molecule has 112 valence electrons. The van der Waals surface area contributed by atoms with Gasteiger partial charge < -0.3 is 14.2 Å². The molecule has 0 amide bonds. The number of esters is 1. The summed E-state index contributed by atoms with van der Waals surface area (Å²) in [5.74, 6) is 0.181. The maximum atomic E-state index is 12.3. The van der Waals surface area contributed by atoms with E-state index >= 15 is 0 Å². The zero-order valence-electron chi connectivity index (χ0n) is 12.0. The summed E-state index contributed by atoms with van der Waals surface area (Å²) in [6.07, 6.45) is 7.01. The fourth-order valence-corrected chi connectivity index (χ4v) is 3.74. The van der Waals surface area contributed by atoms with E-state index in [-0.39, 0.29) is 23.4 Å². The van der Waals surface area contributed by atoms with Crippen molar-refractivity contribution in [2.24, 2.45) is 11.3 Å². The lowest BCUT2D eigenvalue weighted by molar-refractivity contribution is -0.161. The molecule has 3 heterocycles. The van der Waals surface area contributed by atoms with Gasteiger partial charge in [-0.2, -0.15) is 0 Å². The Morgan fingerprint density at radius 3 is 3.20 bits per heavy atom. The smallest absolute Gasteiger partial charge is 0.313 e. The van der Waals surface area contributed by atoms with Crippen molar-refractivity contribution < 1.29 is 19.0 Å². The van der Waals surface area contributed by atoms with E-state index in [1.165, 1.54) is 7.11 Å². The van der Waals surface area contributed by atoms with Crippen LogP contribution >= 0.6 is 0 Å². The summed E-state index contributed by atoms with van der Waals surface area (Å²) in [5, 5.41) is 0. The molecule has 0 aromatic heterocycles. The molecule has 0 radical (unpaired) electrons. The van der Waals surface area contributed by atoms with Crippen LogP contribution in [0.5, 0.6) is 0 Å². The summed E-state index contributed by atoms with van der Waals surface area (Å²) in [6.45, 7) is 3.88. The third kappa shape index (κ3) is 2.44. The molecule has 3 rings (SSSR count). The predicted molar refractivity (Wildman–Crippen MR) is 73.1 cm³/mol. The largest absolute Gasteiger partial charge is 0.497 e. The number of nitrogens with zero attached hydrogens (tertiary/aromatic N) is 1. The standard InChI is InChI=1S/C15H23NO4/c1-18-14(17)15-5-7-19-10-12(15)8-16(11-15)9-13-4-2-3-6-20-13/h3,6,12-13H,2,4-5,7-11H2,1H3/t12-,13?,15+/m0/s1. The van der Waals surface area contributed by atoms with Crippen LogP contribution in [-0.4, -0.2) is 56.9 Å². The van der Waals surface area contributed by atoms with Crippen LogP contribution in [0.1, 0.15) is 19.3 Å². The first-order chi connectivity index (χ1) is 9.74. The van der Waals surface area contributed by atoms with Crippen LogP contribution < -0.4 is 0 Å². The van der Waals surface area contributed by atoms with Crippen molar-refractivity contribution in [3.63, 3.8) is 0 Å². The minimum absolute atomic E-state index is 0.0715. The molecule has 0 spiro atoms. The van der Waals surface area contributed by atoms with Gasteiger partial charge in [-0.3, -0.25) is 9.69 Å². The van der Waals surface area contributed by atoms with Gasteiger partial charge in [-0.1, -0.05) is 0 Å². The van der Waals surface area contributed by atoms with Crippen molar-refractivity contribution in [1.82, 2.24) is 4.90 Å². The first-order valence-corrected chi connectivity index (χ1v) is 7.43. The van der Waals surface area contributed by atoms with Crippen LogP contribution in [0.2, 0.25) is 0 Å². The Morgan fingerprint density at radius 1 is 1.55 bits per heavy atom. The van der Waals surface area contributed by atoms with Gasteiger partial charge in [-0.25, -0.2) is 0 Å². The van der Waals surface area contributed by atoms with E-state index < -0.39 is 0 Å². The van der Waals surface area contributed by atoms with Crippen molar-refractivity contribution in [2.45, 2.75) is 25.4 Å². The van der Waals surface area contributed by atoms with E-state index in [0.717, 1.165) is 38.9 Å². The van der Waals surface area contributed by atoms with E-state index in [1.54, 1.807) is 6.26 Å². The summed E-state index contributed by atoms with van der Waals surface area (Å²) in [4.78, 5) is 14.6. The maximum absolute atomic E-state index is 12.3. The lowest BCUT2D eigenvalue weighted by Gasteiger charge is -2.35. The molecule has 0 aromatic rings. The number of carbonyl (C=O) groups is 1. The number of rotatable bonds is 3. The zero-order chi connectivity index (χ0) is 14.0. The second kappa shape index (κ2) is 5.74. The number of methoxy groups -OCH3 is 1. The van der Waals surface area contributed by atoms with Gasteiger partial charge in [-0.15, -0.1) is 0 Å². The molecule has 0 N–H and O–H groups in total. The summed E-state index contributed by atoms with van der Waals surface area (Å²) in [6, 6.07) is 0. The highest BCUT2D eigenvalue weighted by Gasteiger charge is 2.54. The van der Waals surface area contributed by atoms with Crippen molar-refractivity contribution in [3.05, 3.63) is 12.3 Å². The second-order valence-corrected chi connectivity index (χ2v) is 6.07. The molecule has 5 heteroatoms. The molecule has 20 heavy (non-hydrogen) atoms. The molecule has 3 aliphatic heterocycles. The Hall–Kier alpha value is -1.07. The second-order valence-electron chi connectivity index (χ2n) is 6.07. The summed E-state index contributed by atoms with van der Waals surface area (Å²) in [7, 11) is 1.49. The average molecular weight is 281 g/mol. The van der Waals surface area contributed by atoms with Crippen molar-refractivity contribution in [2.75, 3.05) is 40.0 Å². The van der Waals surface area contributed by atoms with Crippen LogP contribution in [0, 0.1) is 11.3 Å². The van der Waals surface area contributed by atoms with E-state index in [1.807, 2.05) is 0 Å². The quantitative estimate of drug-likeness (QED) is 0.727. The molecule has 2 saturated heterocycles. The minimum Gasteiger partial charge on any atom is -0.497 e. The Bertz CT molecular complexity index is 397. The van der Waals surface area contributed by atoms with Gasteiger partial charge in [0.1, 0.15) is 6.10 Å². The Balaban J connectivity index is 1.67. The van der Waals surface area contributed by atoms with Gasteiger partial charge in [0.15, 0.2) is 0 Å². The van der Waals surface area contributed by atoms with Gasteiger partial charge in [0.25, 0.3) is 0 Å². The number of hydrogen-bond acceptors (Lipinski definition) is 5. The van der Waals surface area contributed by atoms with Crippen LogP contribution in [0.25, 0.3) is 0 Å². The Labute approximate surface area is 119 Å². The molecule has 3 aliphatic rings. The van der Waals surface area contributed by atoms with E-state index in [0.29, 0.717) is 13.2 Å². The monoisotopic (exact) mass is 281 g/mol. The fourth-order valence-electron chi connectivity index (χ4n) is 3.74. The third-order valence-electron chi connectivity index (χ3n) is 4.85. The van der Waals surface area contributed by atoms with E-state index in [4.69, 9.17) is 14.2 Å². The van der Waals surface area contributed by atoms with Crippen LogP contribution in [0.3, 0.4) is 0 Å². The molecule has 1 unspecified atom stereocenters. The predicted octanol–water partition coefficient (Wildman–Crippen LogP) is 1.19.